The first-order chi connectivity index (χ1) is 11.6. The Hall–Kier alpha value is -0.760. The van der Waals surface area contributed by atoms with E-state index in [1.54, 1.807) is 0 Å². The molecule has 1 fully saturated rings. The van der Waals surface area contributed by atoms with E-state index in [1.165, 1.54) is 0 Å². The van der Waals surface area contributed by atoms with Crippen LogP contribution in [0.2, 0.25) is 0 Å². The SMILES string of the molecule is C=CCN(CC(O)CO)C1CCCCC1N(CC=C)CC(O)CO. The first-order valence-electron chi connectivity index (χ1n) is 8.85. The molecule has 4 N–H and O–H groups in total. The Balaban J connectivity index is 2.92. The van der Waals surface area contributed by atoms with Crippen LogP contribution in [-0.2, 0) is 0 Å². The lowest BCUT2D eigenvalue weighted by molar-refractivity contribution is -0.00729. The zero-order valence-corrected chi connectivity index (χ0v) is 14.6. The highest BCUT2D eigenvalue weighted by Crippen LogP contribution is 2.28. The highest BCUT2D eigenvalue weighted by molar-refractivity contribution is 4.94. The normalized spacial score (nSPS) is 24.1. The van der Waals surface area contributed by atoms with Crippen molar-refractivity contribution in [2.24, 2.45) is 0 Å². The van der Waals surface area contributed by atoms with Crippen LogP contribution in [-0.4, -0.2) is 93.9 Å². The van der Waals surface area contributed by atoms with Gasteiger partial charge in [-0.3, -0.25) is 9.80 Å². The van der Waals surface area contributed by atoms with Gasteiger partial charge in [-0.25, -0.2) is 0 Å². The van der Waals surface area contributed by atoms with E-state index in [9.17, 15) is 20.4 Å². The van der Waals surface area contributed by atoms with Gasteiger partial charge in [-0.15, -0.1) is 13.2 Å². The number of nitrogens with zero attached hydrogens (tertiary/aromatic N) is 2. The second kappa shape index (κ2) is 11.7. The first kappa shape index (κ1) is 21.3. The van der Waals surface area contributed by atoms with Crippen molar-refractivity contribution in [3.05, 3.63) is 25.3 Å². The quantitative estimate of drug-likeness (QED) is 0.373. The highest BCUT2D eigenvalue weighted by atomic mass is 16.3. The molecular weight excluding hydrogens is 308 g/mol. The maximum Gasteiger partial charge on any atom is 0.0897 e. The average Bonchev–Trinajstić information content (AvgIpc) is 2.60. The Bertz CT molecular complexity index is 333. The highest BCUT2D eigenvalue weighted by Gasteiger charge is 2.34. The van der Waals surface area contributed by atoms with Crippen molar-refractivity contribution in [3.8, 4) is 0 Å². The summed E-state index contributed by atoms with van der Waals surface area (Å²) in [5.74, 6) is 0. The molecule has 0 aromatic carbocycles. The number of aliphatic hydroxyl groups is 4. The van der Waals surface area contributed by atoms with Crippen LogP contribution < -0.4 is 0 Å². The van der Waals surface area contributed by atoms with Gasteiger partial charge in [0.1, 0.15) is 0 Å². The van der Waals surface area contributed by atoms with Gasteiger partial charge in [-0.2, -0.15) is 0 Å². The van der Waals surface area contributed by atoms with Gasteiger partial charge in [-0.1, -0.05) is 25.0 Å². The van der Waals surface area contributed by atoms with E-state index in [2.05, 4.69) is 23.0 Å². The monoisotopic (exact) mass is 342 g/mol. The number of rotatable bonds is 12. The lowest BCUT2D eigenvalue weighted by atomic mass is 9.87. The summed E-state index contributed by atoms with van der Waals surface area (Å²) >= 11 is 0. The van der Waals surface area contributed by atoms with Crippen LogP contribution in [0.4, 0.5) is 0 Å². The summed E-state index contributed by atoms with van der Waals surface area (Å²) in [7, 11) is 0. The first-order valence-corrected chi connectivity index (χ1v) is 8.85. The van der Waals surface area contributed by atoms with E-state index in [1.807, 2.05) is 12.2 Å². The minimum Gasteiger partial charge on any atom is -0.394 e. The maximum atomic E-state index is 9.87. The van der Waals surface area contributed by atoms with E-state index < -0.39 is 12.2 Å². The minimum absolute atomic E-state index is 0.212. The van der Waals surface area contributed by atoms with Crippen LogP contribution in [0.15, 0.2) is 25.3 Å². The molecule has 0 bridgehead atoms. The predicted molar refractivity (Wildman–Crippen MR) is 95.8 cm³/mol. The summed E-state index contributed by atoms with van der Waals surface area (Å²) in [5.41, 5.74) is 0. The molecule has 4 atom stereocenters. The van der Waals surface area contributed by atoms with Crippen molar-refractivity contribution in [1.82, 2.24) is 9.80 Å². The molecule has 0 aromatic rings. The van der Waals surface area contributed by atoms with Gasteiger partial charge >= 0.3 is 0 Å². The summed E-state index contributed by atoms with van der Waals surface area (Å²) in [4.78, 5) is 4.33. The number of hydrogen-bond donors (Lipinski definition) is 4. The summed E-state index contributed by atoms with van der Waals surface area (Å²) in [5, 5.41) is 38.1. The molecule has 1 rings (SSSR count). The van der Waals surface area contributed by atoms with Gasteiger partial charge in [0.2, 0.25) is 0 Å². The molecule has 24 heavy (non-hydrogen) atoms. The van der Waals surface area contributed by atoms with Crippen molar-refractivity contribution >= 4 is 0 Å². The fourth-order valence-corrected chi connectivity index (χ4v) is 3.62. The van der Waals surface area contributed by atoms with Gasteiger partial charge in [0, 0.05) is 38.3 Å². The molecule has 0 spiro atoms. The van der Waals surface area contributed by atoms with Gasteiger partial charge in [-0.05, 0) is 12.8 Å². The molecule has 0 aliphatic heterocycles. The predicted octanol–water partition coefficient (Wildman–Crippen LogP) is -0.0200. The van der Waals surface area contributed by atoms with Crippen molar-refractivity contribution in [2.45, 2.75) is 50.0 Å². The third-order valence-electron chi connectivity index (χ3n) is 4.67. The van der Waals surface area contributed by atoms with E-state index in [-0.39, 0.29) is 25.3 Å². The third kappa shape index (κ3) is 6.63. The van der Waals surface area contributed by atoms with Gasteiger partial charge < -0.3 is 20.4 Å². The molecule has 1 saturated carbocycles. The van der Waals surface area contributed by atoms with Gasteiger partial charge in [0.25, 0.3) is 0 Å². The van der Waals surface area contributed by atoms with Crippen molar-refractivity contribution in [1.29, 1.82) is 0 Å². The standard InChI is InChI=1S/C18H34N2O4/c1-3-9-19(11-15(23)13-21)17-7-5-6-8-18(17)20(10-4-2)12-16(24)14-22/h3-4,15-18,21-24H,1-2,5-14H2. The fraction of sp³-hybridized carbons (Fsp3) is 0.778. The molecule has 1 aliphatic carbocycles. The largest absolute Gasteiger partial charge is 0.394 e. The minimum atomic E-state index is -0.775. The molecule has 0 aromatic heterocycles. The summed E-state index contributed by atoms with van der Waals surface area (Å²) in [6.07, 6.45) is 6.32. The Kier molecular flexibility index (Phi) is 10.4. The van der Waals surface area contributed by atoms with E-state index in [0.717, 1.165) is 25.7 Å². The number of aliphatic hydroxyl groups excluding tert-OH is 4. The lowest BCUT2D eigenvalue weighted by Crippen LogP contribution is -2.56. The van der Waals surface area contributed by atoms with Gasteiger partial charge in [0.05, 0.1) is 25.4 Å². The second-order valence-corrected chi connectivity index (χ2v) is 6.58. The Labute approximate surface area is 145 Å². The molecule has 0 saturated heterocycles. The summed E-state index contributed by atoms with van der Waals surface area (Å²) in [6, 6.07) is 0.424. The third-order valence-corrected chi connectivity index (χ3v) is 4.67. The molecule has 0 radical (unpaired) electrons. The molecule has 0 amide bonds. The zero-order chi connectivity index (χ0) is 17.9. The van der Waals surface area contributed by atoms with Crippen molar-refractivity contribution in [2.75, 3.05) is 39.4 Å². The zero-order valence-electron chi connectivity index (χ0n) is 14.6. The van der Waals surface area contributed by atoms with Gasteiger partial charge in [0.15, 0.2) is 0 Å². The fourth-order valence-electron chi connectivity index (χ4n) is 3.62. The lowest BCUT2D eigenvalue weighted by Gasteiger charge is -2.45. The van der Waals surface area contributed by atoms with Crippen LogP contribution >= 0.6 is 0 Å². The number of hydrogen-bond acceptors (Lipinski definition) is 6. The van der Waals surface area contributed by atoms with E-state index in [0.29, 0.717) is 26.2 Å². The average molecular weight is 342 g/mol. The Morgan fingerprint density at radius 2 is 1.21 bits per heavy atom. The van der Waals surface area contributed by atoms with Crippen LogP contribution in [0.3, 0.4) is 0 Å². The Morgan fingerprint density at radius 1 is 0.833 bits per heavy atom. The van der Waals surface area contributed by atoms with E-state index in [4.69, 9.17) is 0 Å². The second-order valence-electron chi connectivity index (χ2n) is 6.58. The molecule has 1 aliphatic rings. The molecule has 6 heteroatoms. The molecular formula is C18H34N2O4. The topological polar surface area (TPSA) is 87.4 Å². The van der Waals surface area contributed by atoms with Crippen molar-refractivity contribution in [3.63, 3.8) is 0 Å². The molecule has 0 heterocycles. The molecule has 140 valence electrons. The van der Waals surface area contributed by atoms with E-state index >= 15 is 0 Å². The van der Waals surface area contributed by atoms with Crippen molar-refractivity contribution < 1.29 is 20.4 Å². The summed E-state index contributed by atoms with van der Waals surface area (Å²) in [6.45, 7) is 9.17. The molecule has 4 unspecified atom stereocenters. The smallest absolute Gasteiger partial charge is 0.0897 e. The molecule has 6 nitrogen and oxygen atoms in total. The Morgan fingerprint density at radius 3 is 1.50 bits per heavy atom. The maximum absolute atomic E-state index is 9.87. The summed E-state index contributed by atoms with van der Waals surface area (Å²) < 4.78 is 0. The van der Waals surface area contributed by atoms with Crippen LogP contribution in [0.1, 0.15) is 25.7 Å². The van der Waals surface area contributed by atoms with Crippen LogP contribution in [0.5, 0.6) is 0 Å². The van der Waals surface area contributed by atoms with Crippen LogP contribution in [0, 0.1) is 0 Å². The van der Waals surface area contributed by atoms with Crippen LogP contribution in [0.25, 0.3) is 0 Å².